The molecule has 11 rings (SSSR count). The summed E-state index contributed by atoms with van der Waals surface area (Å²) in [4.78, 5) is 0. The molecule has 0 bridgehead atoms. The van der Waals surface area contributed by atoms with Gasteiger partial charge in [0.15, 0.2) is 7.28 Å². The molecular weight excluding hydrogens is 691 g/mol. The zero-order valence-corrected chi connectivity index (χ0v) is 33.2. The second-order valence-corrected chi connectivity index (χ2v) is 17.6. The monoisotopic (exact) mass is 735 g/mol. The van der Waals surface area contributed by atoms with Crippen LogP contribution in [0.15, 0.2) is 150 Å². The molecule has 275 valence electrons. The summed E-state index contributed by atoms with van der Waals surface area (Å²) in [5.41, 5.74) is 19.3. The Morgan fingerprint density at radius 2 is 1.30 bits per heavy atom. The molecule has 2 aromatic heterocycles. The number of para-hydroxylation sites is 1. The maximum Gasteiger partial charge on any atom is 0.198 e. The molecule has 7 aromatic carbocycles. The molecule has 0 atom stereocenters. The highest BCUT2D eigenvalue weighted by Gasteiger charge is 2.39. The number of aryl methyl sites for hydroxylation is 1. The predicted molar refractivity (Wildman–Crippen MR) is 242 cm³/mol. The summed E-state index contributed by atoms with van der Waals surface area (Å²) in [5.74, 6) is 0.884. The Morgan fingerprint density at radius 1 is 0.632 bits per heavy atom. The van der Waals surface area contributed by atoms with Crippen LogP contribution in [0.3, 0.4) is 0 Å². The lowest BCUT2D eigenvalue weighted by molar-refractivity contribution is 0.332. The Bertz CT molecular complexity index is 3060. The maximum atomic E-state index is 6.62. The van der Waals surface area contributed by atoms with E-state index in [0.29, 0.717) is 0 Å². The molecule has 1 radical (unpaired) electrons. The third-order valence-electron chi connectivity index (χ3n) is 12.9. The average Bonchev–Trinajstić information content (AvgIpc) is 3.80. The molecule has 57 heavy (non-hydrogen) atoms. The Labute approximate surface area is 335 Å². The average molecular weight is 736 g/mol. The summed E-state index contributed by atoms with van der Waals surface area (Å²) in [7, 11) is 2.42. The third kappa shape index (κ3) is 5.34. The number of fused-ring (bicyclic) bond motifs is 7. The molecule has 4 heteroatoms. The van der Waals surface area contributed by atoms with Gasteiger partial charge in [-0.2, -0.15) is 0 Å². The van der Waals surface area contributed by atoms with Crippen molar-refractivity contribution in [3.63, 3.8) is 0 Å². The van der Waals surface area contributed by atoms with Crippen LogP contribution in [0.5, 0.6) is 0 Å². The SMILES string of the molecule is Cc1ccc(Nc2ccccc2-c2cc(-c3ccccc3)c3c4cc5c(cc4n4c3c2[B]c2cc3oc(-c6ccccc6)cc3cc2-4)C(C)(C)CCC5(C)C)cc1. The number of nitrogens with one attached hydrogen (secondary N) is 1. The van der Waals surface area contributed by atoms with Crippen molar-refractivity contribution in [2.24, 2.45) is 0 Å². The van der Waals surface area contributed by atoms with Gasteiger partial charge in [0, 0.05) is 49.9 Å². The first-order chi connectivity index (χ1) is 27.6. The summed E-state index contributed by atoms with van der Waals surface area (Å²) in [6.45, 7) is 11.9. The van der Waals surface area contributed by atoms with Crippen LogP contribution in [0.2, 0.25) is 0 Å². The first kappa shape index (κ1) is 34.0. The van der Waals surface area contributed by atoms with E-state index in [-0.39, 0.29) is 10.8 Å². The minimum atomic E-state index is 0.0648. The Hall–Kier alpha value is -6.26. The molecule has 0 saturated carbocycles. The molecule has 0 unspecified atom stereocenters. The summed E-state index contributed by atoms with van der Waals surface area (Å²) in [6.07, 6.45) is 2.33. The van der Waals surface area contributed by atoms with Gasteiger partial charge in [-0.05, 0) is 118 Å². The van der Waals surface area contributed by atoms with Crippen molar-refractivity contribution in [2.45, 2.75) is 58.3 Å². The van der Waals surface area contributed by atoms with Gasteiger partial charge >= 0.3 is 0 Å². The summed E-state index contributed by atoms with van der Waals surface area (Å²) in [6, 6.07) is 53.3. The number of hydrogen-bond acceptors (Lipinski definition) is 2. The van der Waals surface area contributed by atoms with Gasteiger partial charge in [0.2, 0.25) is 0 Å². The van der Waals surface area contributed by atoms with E-state index in [1.165, 1.54) is 72.8 Å². The van der Waals surface area contributed by atoms with Crippen molar-refractivity contribution < 1.29 is 4.42 Å². The summed E-state index contributed by atoms with van der Waals surface area (Å²) >= 11 is 0. The van der Waals surface area contributed by atoms with Gasteiger partial charge in [0.25, 0.3) is 0 Å². The topological polar surface area (TPSA) is 30.1 Å². The van der Waals surface area contributed by atoms with Gasteiger partial charge in [-0.25, -0.2) is 0 Å². The van der Waals surface area contributed by atoms with Crippen molar-refractivity contribution in [2.75, 3.05) is 5.32 Å². The number of hydrogen-bond donors (Lipinski definition) is 1. The Kier molecular flexibility index (Phi) is 7.39. The van der Waals surface area contributed by atoms with Crippen LogP contribution in [0, 0.1) is 6.92 Å². The molecule has 0 amide bonds. The van der Waals surface area contributed by atoms with Crippen LogP contribution >= 0.6 is 0 Å². The highest BCUT2D eigenvalue weighted by molar-refractivity contribution is 6.74. The first-order valence-corrected chi connectivity index (χ1v) is 20.3. The molecule has 0 fully saturated rings. The van der Waals surface area contributed by atoms with Gasteiger partial charge in [0.1, 0.15) is 11.3 Å². The largest absolute Gasteiger partial charge is 0.456 e. The minimum Gasteiger partial charge on any atom is -0.456 e. The lowest BCUT2D eigenvalue weighted by Crippen LogP contribution is -2.37. The van der Waals surface area contributed by atoms with E-state index < -0.39 is 0 Å². The lowest BCUT2D eigenvalue weighted by Gasteiger charge is -2.42. The summed E-state index contributed by atoms with van der Waals surface area (Å²) < 4.78 is 9.21. The standard InChI is InChI=1S/C53H44BN2O/c1-32-20-22-36(23-21-32)55-44-19-13-12-18-37(44)39-28-38(33-14-8-6-9-15-33)49-40-29-41-42(53(4,5)25-24-52(41,2)3)30-45(40)56-46-26-35-27-47(34-16-10-7-11-17-34)57-48(35)31-43(46)54-50(39)51(49)56/h6-23,26-31,55H,24-25H2,1-5H3. The fraction of sp³-hybridized carbons (Fsp3) is 0.170. The minimum absolute atomic E-state index is 0.0648. The van der Waals surface area contributed by atoms with Crippen molar-refractivity contribution in [1.82, 2.24) is 4.57 Å². The number of nitrogens with zero attached hydrogens (tertiary/aromatic N) is 1. The molecule has 1 aliphatic heterocycles. The number of furan rings is 1. The normalized spacial score (nSPS) is 15.0. The van der Waals surface area contributed by atoms with Crippen LogP contribution in [0.1, 0.15) is 57.2 Å². The third-order valence-corrected chi connectivity index (χ3v) is 12.9. The molecule has 3 nitrogen and oxygen atoms in total. The Morgan fingerprint density at radius 3 is 2.04 bits per heavy atom. The van der Waals surface area contributed by atoms with E-state index in [9.17, 15) is 0 Å². The maximum absolute atomic E-state index is 6.62. The Balaban J connectivity index is 1.27. The molecule has 1 N–H and O–H groups in total. The molecule has 0 saturated heterocycles. The second kappa shape index (κ2) is 12.4. The number of rotatable bonds is 5. The van der Waals surface area contributed by atoms with Gasteiger partial charge in [0.05, 0.1) is 5.52 Å². The van der Waals surface area contributed by atoms with Gasteiger partial charge < -0.3 is 14.3 Å². The smallest absolute Gasteiger partial charge is 0.198 e. The molecule has 2 aliphatic rings. The van der Waals surface area contributed by atoms with E-state index in [0.717, 1.165) is 51.1 Å². The van der Waals surface area contributed by atoms with Crippen molar-refractivity contribution in [3.05, 3.63) is 162 Å². The van der Waals surface area contributed by atoms with Crippen molar-refractivity contribution in [3.8, 4) is 39.3 Å². The molecule has 9 aromatic rings. The van der Waals surface area contributed by atoms with Crippen LogP contribution in [-0.2, 0) is 10.8 Å². The second-order valence-electron chi connectivity index (χ2n) is 17.6. The fourth-order valence-electron chi connectivity index (χ4n) is 9.68. The fourth-order valence-corrected chi connectivity index (χ4v) is 9.68. The van der Waals surface area contributed by atoms with Crippen LogP contribution in [0.4, 0.5) is 11.4 Å². The summed E-state index contributed by atoms with van der Waals surface area (Å²) in [5, 5.41) is 7.52. The lowest BCUT2D eigenvalue weighted by atomic mass is 9.58. The highest BCUT2D eigenvalue weighted by Crippen LogP contribution is 2.50. The van der Waals surface area contributed by atoms with Crippen LogP contribution in [0.25, 0.3) is 72.0 Å². The molecule has 3 heterocycles. The van der Waals surface area contributed by atoms with E-state index in [4.69, 9.17) is 4.42 Å². The highest BCUT2D eigenvalue weighted by atomic mass is 16.3. The van der Waals surface area contributed by atoms with Gasteiger partial charge in [-0.3, -0.25) is 0 Å². The molecule has 0 spiro atoms. The number of aromatic nitrogens is 1. The zero-order chi connectivity index (χ0) is 38.6. The van der Waals surface area contributed by atoms with Crippen LogP contribution < -0.4 is 16.2 Å². The first-order valence-electron chi connectivity index (χ1n) is 20.3. The predicted octanol–water partition coefficient (Wildman–Crippen LogP) is 12.9. The quantitative estimate of drug-likeness (QED) is 0.178. The van der Waals surface area contributed by atoms with E-state index in [1.807, 2.05) is 0 Å². The molecular formula is C53H44BN2O. The van der Waals surface area contributed by atoms with Gasteiger partial charge in [-0.1, -0.05) is 130 Å². The van der Waals surface area contributed by atoms with Crippen molar-refractivity contribution >= 4 is 62.4 Å². The van der Waals surface area contributed by atoms with Crippen LogP contribution in [-0.4, -0.2) is 11.8 Å². The van der Waals surface area contributed by atoms with E-state index >= 15 is 0 Å². The zero-order valence-electron chi connectivity index (χ0n) is 33.2. The van der Waals surface area contributed by atoms with E-state index in [1.54, 1.807) is 0 Å². The van der Waals surface area contributed by atoms with Gasteiger partial charge in [-0.15, -0.1) is 0 Å². The van der Waals surface area contributed by atoms with Crippen molar-refractivity contribution in [1.29, 1.82) is 0 Å². The molecule has 1 aliphatic carbocycles. The number of anilines is 2. The number of benzene rings is 7. The van der Waals surface area contributed by atoms with E-state index in [2.05, 4.69) is 197 Å².